The van der Waals surface area contributed by atoms with Crippen LogP contribution in [0.25, 0.3) is 22.2 Å². The van der Waals surface area contributed by atoms with Gasteiger partial charge < -0.3 is 26.0 Å². The van der Waals surface area contributed by atoms with Crippen molar-refractivity contribution in [3.8, 4) is 23.2 Å². The topological polar surface area (TPSA) is 129 Å². The van der Waals surface area contributed by atoms with Crippen LogP contribution >= 0.6 is 0 Å². The van der Waals surface area contributed by atoms with Crippen LogP contribution in [0.2, 0.25) is 0 Å². The Morgan fingerprint density at radius 1 is 1.24 bits per heavy atom. The standard InChI is InChI=1S/C28H33N7O2/c1-17(14-29)15-31-25-22-13-19(6-5-18(22)7-12-24(25)37-4)27-32-16-23(30)26(34-27)28(36)33-20-8-10-21(11-9-20)35(2)3/h5-7,12-13,16,20-21,31H,1,8-11,15,30H2,2-4H3,(H,33,36)/t20-,21-. The Morgan fingerprint density at radius 2 is 1.97 bits per heavy atom. The van der Waals surface area contributed by atoms with Crippen molar-refractivity contribution in [2.24, 2.45) is 0 Å². The van der Waals surface area contributed by atoms with Crippen molar-refractivity contribution in [3.63, 3.8) is 0 Å². The number of nitrogen functional groups attached to an aromatic ring is 1. The van der Waals surface area contributed by atoms with Gasteiger partial charge in [-0.15, -0.1) is 0 Å². The molecule has 9 nitrogen and oxygen atoms in total. The van der Waals surface area contributed by atoms with Crippen molar-refractivity contribution >= 4 is 28.1 Å². The smallest absolute Gasteiger partial charge is 0.272 e. The number of nitrogens with zero attached hydrogens (tertiary/aromatic N) is 4. The first-order chi connectivity index (χ1) is 17.8. The monoisotopic (exact) mass is 499 g/mol. The molecule has 1 aliphatic carbocycles. The normalized spacial score (nSPS) is 17.3. The number of carbonyl (C=O) groups excluding carboxylic acids is 1. The number of ether oxygens (including phenoxy) is 1. The number of methoxy groups -OCH3 is 1. The molecule has 4 rings (SSSR count). The second-order valence-corrected chi connectivity index (χ2v) is 9.59. The summed E-state index contributed by atoms with van der Waals surface area (Å²) >= 11 is 0. The van der Waals surface area contributed by atoms with Gasteiger partial charge in [-0.3, -0.25) is 4.79 Å². The molecule has 2 aromatic carbocycles. The van der Waals surface area contributed by atoms with E-state index in [4.69, 9.17) is 15.7 Å². The number of amides is 1. The van der Waals surface area contributed by atoms with E-state index in [0.717, 1.165) is 47.7 Å². The molecule has 1 aliphatic rings. The van der Waals surface area contributed by atoms with Gasteiger partial charge in [-0.05, 0) is 57.3 Å². The molecule has 0 aliphatic heterocycles. The minimum atomic E-state index is -0.283. The van der Waals surface area contributed by atoms with E-state index >= 15 is 0 Å². The van der Waals surface area contributed by atoms with Crippen LogP contribution < -0.4 is 21.1 Å². The molecule has 0 bridgehead atoms. The number of aromatic nitrogens is 2. The second kappa shape index (κ2) is 11.3. The lowest BCUT2D eigenvalue weighted by atomic mass is 9.90. The molecule has 0 unspecified atom stereocenters. The average Bonchev–Trinajstić information content (AvgIpc) is 2.91. The van der Waals surface area contributed by atoms with Crippen molar-refractivity contribution < 1.29 is 9.53 Å². The number of nitriles is 1. The molecule has 1 fully saturated rings. The Kier molecular flexibility index (Phi) is 7.89. The number of rotatable bonds is 8. The van der Waals surface area contributed by atoms with Gasteiger partial charge in [0.1, 0.15) is 5.75 Å². The molecule has 4 N–H and O–H groups in total. The fraction of sp³-hybridized carbons (Fsp3) is 0.357. The van der Waals surface area contributed by atoms with Gasteiger partial charge >= 0.3 is 0 Å². The molecule has 1 saturated carbocycles. The lowest BCUT2D eigenvalue weighted by Gasteiger charge is -2.32. The lowest BCUT2D eigenvalue weighted by Crippen LogP contribution is -2.42. The molecule has 1 amide bonds. The van der Waals surface area contributed by atoms with Gasteiger partial charge in [-0.25, -0.2) is 9.97 Å². The Hall–Kier alpha value is -4.16. The van der Waals surface area contributed by atoms with Crippen LogP contribution in [0.3, 0.4) is 0 Å². The largest absolute Gasteiger partial charge is 0.495 e. The Labute approximate surface area is 217 Å². The minimum Gasteiger partial charge on any atom is -0.495 e. The van der Waals surface area contributed by atoms with Crippen LogP contribution in [0.15, 0.2) is 48.7 Å². The third-order valence-electron chi connectivity index (χ3n) is 6.89. The summed E-state index contributed by atoms with van der Waals surface area (Å²) < 4.78 is 5.54. The van der Waals surface area contributed by atoms with Crippen LogP contribution in [0, 0.1) is 11.3 Å². The predicted octanol–water partition coefficient (Wildman–Crippen LogP) is 3.98. The molecule has 0 saturated heterocycles. The molecule has 0 spiro atoms. The first kappa shape index (κ1) is 25.9. The van der Waals surface area contributed by atoms with Gasteiger partial charge in [0.05, 0.1) is 30.8 Å². The summed E-state index contributed by atoms with van der Waals surface area (Å²) in [4.78, 5) is 24.3. The maximum atomic E-state index is 13.1. The summed E-state index contributed by atoms with van der Waals surface area (Å²) in [5.74, 6) is 0.750. The summed E-state index contributed by atoms with van der Waals surface area (Å²) in [7, 11) is 5.78. The van der Waals surface area contributed by atoms with E-state index in [9.17, 15) is 4.79 Å². The molecule has 192 valence electrons. The number of anilines is 2. The van der Waals surface area contributed by atoms with Crippen LogP contribution in [0.1, 0.15) is 36.2 Å². The van der Waals surface area contributed by atoms with Crippen molar-refractivity contribution in [1.29, 1.82) is 5.26 Å². The number of nitrogens with two attached hydrogens (primary N) is 1. The van der Waals surface area contributed by atoms with Gasteiger partial charge in [0.2, 0.25) is 0 Å². The van der Waals surface area contributed by atoms with E-state index in [1.165, 1.54) is 6.20 Å². The zero-order valence-electron chi connectivity index (χ0n) is 21.5. The summed E-state index contributed by atoms with van der Waals surface area (Å²) in [5.41, 5.74) is 8.40. The van der Waals surface area contributed by atoms with E-state index in [-0.39, 0.29) is 29.9 Å². The summed E-state index contributed by atoms with van der Waals surface area (Å²) in [6.07, 6.45) is 5.41. The number of hydrogen-bond donors (Lipinski definition) is 3. The van der Waals surface area contributed by atoms with Gasteiger partial charge in [-0.2, -0.15) is 5.26 Å². The highest BCUT2D eigenvalue weighted by Gasteiger charge is 2.25. The summed E-state index contributed by atoms with van der Waals surface area (Å²) in [6.45, 7) is 4.03. The van der Waals surface area contributed by atoms with Gasteiger partial charge in [0.25, 0.3) is 5.91 Å². The van der Waals surface area contributed by atoms with E-state index in [2.05, 4.69) is 46.2 Å². The average molecular weight is 500 g/mol. The quantitative estimate of drug-likeness (QED) is 0.397. The molecule has 1 aromatic heterocycles. The predicted molar refractivity (Wildman–Crippen MR) is 146 cm³/mol. The second-order valence-electron chi connectivity index (χ2n) is 9.59. The summed E-state index contributed by atoms with van der Waals surface area (Å²) in [6, 6.07) is 12.3. The molecule has 1 heterocycles. The zero-order valence-corrected chi connectivity index (χ0v) is 21.5. The molecular formula is C28H33N7O2. The third-order valence-corrected chi connectivity index (χ3v) is 6.89. The molecule has 0 atom stereocenters. The van der Waals surface area contributed by atoms with E-state index < -0.39 is 0 Å². The molecule has 9 heteroatoms. The Bertz CT molecular complexity index is 1350. The third kappa shape index (κ3) is 5.81. The minimum absolute atomic E-state index is 0.103. The highest BCUT2D eigenvalue weighted by atomic mass is 16.5. The SMILES string of the molecule is C=C(C#N)CNc1c(OC)ccc2ccc(-c3ncc(N)c(C(=O)N[C@H]4CC[C@H](N(C)C)CC4)n3)cc12. The molecular weight excluding hydrogens is 466 g/mol. The van der Waals surface area contributed by atoms with Crippen LogP contribution in [-0.4, -0.2) is 60.6 Å². The first-order valence-electron chi connectivity index (χ1n) is 12.3. The van der Waals surface area contributed by atoms with Crippen molar-refractivity contribution in [1.82, 2.24) is 20.2 Å². The fourth-order valence-corrected chi connectivity index (χ4v) is 4.73. The van der Waals surface area contributed by atoms with Crippen LogP contribution in [-0.2, 0) is 0 Å². The maximum absolute atomic E-state index is 13.1. The number of nitrogens with one attached hydrogen (secondary N) is 2. The number of benzene rings is 2. The van der Waals surface area contributed by atoms with Crippen molar-refractivity contribution in [3.05, 3.63) is 54.4 Å². The Balaban J connectivity index is 1.61. The van der Waals surface area contributed by atoms with Crippen LogP contribution in [0.5, 0.6) is 5.75 Å². The number of carbonyl (C=O) groups is 1. The van der Waals surface area contributed by atoms with Crippen molar-refractivity contribution in [2.75, 3.05) is 38.8 Å². The van der Waals surface area contributed by atoms with Gasteiger partial charge in [0.15, 0.2) is 11.5 Å². The van der Waals surface area contributed by atoms with E-state index in [1.807, 2.05) is 36.4 Å². The molecule has 3 aromatic rings. The first-order valence-corrected chi connectivity index (χ1v) is 12.3. The molecule has 37 heavy (non-hydrogen) atoms. The fourth-order valence-electron chi connectivity index (χ4n) is 4.73. The molecule has 0 radical (unpaired) electrons. The van der Waals surface area contributed by atoms with E-state index in [1.54, 1.807) is 7.11 Å². The van der Waals surface area contributed by atoms with E-state index in [0.29, 0.717) is 23.2 Å². The highest BCUT2D eigenvalue weighted by molar-refractivity contribution is 6.00. The number of hydrogen-bond acceptors (Lipinski definition) is 8. The maximum Gasteiger partial charge on any atom is 0.272 e. The zero-order chi connectivity index (χ0) is 26.5. The van der Waals surface area contributed by atoms with Crippen molar-refractivity contribution in [2.45, 2.75) is 37.8 Å². The van der Waals surface area contributed by atoms with Crippen LogP contribution in [0.4, 0.5) is 11.4 Å². The lowest BCUT2D eigenvalue weighted by molar-refractivity contribution is 0.0912. The van der Waals surface area contributed by atoms with Gasteiger partial charge in [0, 0.05) is 35.2 Å². The van der Waals surface area contributed by atoms with Gasteiger partial charge in [-0.1, -0.05) is 24.8 Å². The highest BCUT2D eigenvalue weighted by Crippen LogP contribution is 2.35. The Morgan fingerprint density at radius 3 is 2.65 bits per heavy atom. The number of fused-ring (bicyclic) bond motifs is 1. The summed E-state index contributed by atoms with van der Waals surface area (Å²) in [5, 5.41) is 17.3.